The molecule has 0 aliphatic rings. The summed E-state index contributed by atoms with van der Waals surface area (Å²) in [5.74, 6) is 0.487. The number of allylic oxidation sites excluding steroid dienone is 1. The first kappa shape index (κ1) is 8.76. The average Bonchev–Trinajstić information content (AvgIpc) is 1.83. The van der Waals surface area contributed by atoms with Crippen molar-refractivity contribution in [2.24, 2.45) is 5.92 Å². The predicted octanol–water partition coefficient (Wildman–Crippen LogP) is 2.05. The first-order valence-corrected chi connectivity index (χ1v) is 3.52. The molecule has 52 valence electrons. The van der Waals surface area contributed by atoms with E-state index < -0.39 is 0 Å². The minimum atomic E-state index is -0.171. The van der Waals surface area contributed by atoms with Crippen molar-refractivity contribution < 1.29 is 4.79 Å². The summed E-state index contributed by atoms with van der Waals surface area (Å²) in [7, 11) is 0. The first-order chi connectivity index (χ1) is 4.16. The van der Waals surface area contributed by atoms with E-state index in [4.69, 9.17) is 0 Å². The lowest BCUT2D eigenvalue weighted by molar-refractivity contribution is -0.106. The van der Waals surface area contributed by atoms with Crippen molar-refractivity contribution >= 4 is 17.7 Å². The molecular weight excluding hydrogens is 132 g/mol. The van der Waals surface area contributed by atoms with Crippen LogP contribution in [0.2, 0.25) is 0 Å². The van der Waals surface area contributed by atoms with Crippen LogP contribution in [0.1, 0.15) is 20.3 Å². The summed E-state index contributed by atoms with van der Waals surface area (Å²) in [6.07, 6.45) is 4.43. The van der Waals surface area contributed by atoms with Gasteiger partial charge in [-0.1, -0.05) is 26.3 Å². The van der Waals surface area contributed by atoms with Crippen LogP contribution in [0.5, 0.6) is 0 Å². The predicted molar refractivity (Wildman–Crippen MR) is 42.6 cm³/mol. The third-order valence-electron chi connectivity index (χ3n) is 1.21. The molecular formula is C7H12OS. The van der Waals surface area contributed by atoms with E-state index in [0.717, 1.165) is 6.42 Å². The largest absolute Gasteiger partial charge is 0.283 e. The molecule has 0 spiro atoms. The zero-order chi connectivity index (χ0) is 7.28. The Kier molecular flexibility index (Phi) is 4.50. The Morgan fingerprint density at radius 2 is 2.33 bits per heavy atom. The van der Waals surface area contributed by atoms with E-state index in [1.807, 2.05) is 6.08 Å². The van der Waals surface area contributed by atoms with Gasteiger partial charge in [-0.25, -0.2) is 0 Å². The van der Waals surface area contributed by atoms with Crippen molar-refractivity contribution in [3.8, 4) is 0 Å². The fourth-order valence-electron chi connectivity index (χ4n) is 0.383. The molecule has 0 fully saturated rings. The summed E-state index contributed by atoms with van der Waals surface area (Å²) >= 11 is 3.59. The van der Waals surface area contributed by atoms with Crippen LogP contribution in [0.15, 0.2) is 12.2 Å². The molecule has 1 unspecified atom stereocenters. The Hall–Kier alpha value is -0.240. The zero-order valence-corrected chi connectivity index (χ0v) is 6.69. The van der Waals surface area contributed by atoms with E-state index in [1.165, 1.54) is 6.08 Å². The average molecular weight is 144 g/mol. The monoisotopic (exact) mass is 144 g/mol. The van der Waals surface area contributed by atoms with Gasteiger partial charge in [0.05, 0.1) is 0 Å². The Labute approximate surface area is 61.6 Å². The highest BCUT2D eigenvalue weighted by Crippen LogP contribution is 2.01. The highest BCUT2D eigenvalue weighted by molar-refractivity contribution is 7.97. The maximum Gasteiger partial charge on any atom is 0.208 e. The van der Waals surface area contributed by atoms with E-state index in [9.17, 15) is 4.79 Å². The lowest BCUT2D eigenvalue weighted by atomic mass is 10.1. The molecule has 0 heterocycles. The fourth-order valence-corrected chi connectivity index (χ4v) is 0.469. The molecule has 2 heteroatoms. The van der Waals surface area contributed by atoms with Crippen LogP contribution in [0.25, 0.3) is 0 Å². The van der Waals surface area contributed by atoms with Crippen LogP contribution >= 0.6 is 12.6 Å². The lowest BCUT2D eigenvalue weighted by Gasteiger charge is -1.96. The minimum absolute atomic E-state index is 0.171. The molecule has 1 nitrogen and oxygen atoms in total. The van der Waals surface area contributed by atoms with Crippen LogP contribution in [-0.2, 0) is 4.79 Å². The molecule has 0 saturated heterocycles. The van der Waals surface area contributed by atoms with Crippen LogP contribution in [0, 0.1) is 5.92 Å². The van der Waals surface area contributed by atoms with Crippen molar-refractivity contribution in [2.45, 2.75) is 20.3 Å². The molecule has 9 heavy (non-hydrogen) atoms. The highest BCUT2D eigenvalue weighted by Gasteiger charge is 1.90. The van der Waals surface area contributed by atoms with Gasteiger partial charge in [-0.3, -0.25) is 4.79 Å². The maximum absolute atomic E-state index is 10.2. The van der Waals surface area contributed by atoms with E-state index in [0.29, 0.717) is 5.92 Å². The third-order valence-corrected chi connectivity index (χ3v) is 1.36. The van der Waals surface area contributed by atoms with Crippen LogP contribution < -0.4 is 0 Å². The third kappa shape index (κ3) is 5.63. The number of carbonyl (C=O) groups is 1. The maximum atomic E-state index is 10.2. The summed E-state index contributed by atoms with van der Waals surface area (Å²) in [5.41, 5.74) is 0. The normalized spacial score (nSPS) is 14.1. The van der Waals surface area contributed by atoms with E-state index >= 15 is 0 Å². The number of hydrogen-bond donors (Lipinski definition) is 1. The second-order valence-corrected chi connectivity index (χ2v) is 2.52. The van der Waals surface area contributed by atoms with Crippen molar-refractivity contribution in [3.63, 3.8) is 0 Å². The van der Waals surface area contributed by atoms with Crippen molar-refractivity contribution in [3.05, 3.63) is 12.2 Å². The molecule has 0 saturated carbocycles. The summed E-state index contributed by atoms with van der Waals surface area (Å²) in [5, 5.41) is -0.171. The highest BCUT2D eigenvalue weighted by atomic mass is 32.1. The number of thiol groups is 1. The molecule has 1 atom stereocenters. The number of carbonyl (C=O) groups excluding carboxylic acids is 1. The quantitative estimate of drug-likeness (QED) is 0.474. The molecule has 0 aromatic rings. The Morgan fingerprint density at radius 3 is 2.67 bits per heavy atom. The molecule has 0 aromatic carbocycles. The summed E-state index contributed by atoms with van der Waals surface area (Å²) < 4.78 is 0. The van der Waals surface area contributed by atoms with Gasteiger partial charge in [0, 0.05) is 0 Å². The minimum Gasteiger partial charge on any atom is -0.283 e. The standard InChI is InChI=1S/C7H12OS/c1-3-6(2)4-5-7(8)9/h4-6H,3H2,1-2H3,(H,8,9). The van der Waals surface area contributed by atoms with Gasteiger partial charge in [0.25, 0.3) is 0 Å². The summed E-state index contributed by atoms with van der Waals surface area (Å²) in [4.78, 5) is 10.2. The van der Waals surface area contributed by atoms with Crippen LogP contribution in [0.4, 0.5) is 0 Å². The van der Waals surface area contributed by atoms with Crippen LogP contribution in [-0.4, -0.2) is 5.12 Å². The zero-order valence-electron chi connectivity index (χ0n) is 5.79. The molecule has 0 bridgehead atoms. The molecule has 0 N–H and O–H groups in total. The molecule has 0 aromatic heterocycles. The van der Waals surface area contributed by atoms with E-state index in [2.05, 4.69) is 26.5 Å². The second kappa shape index (κ2) is 4.62. The van der Waals surface area contributed by atoms with Gasteiger partial charge >= 0.3 is 0 Å². The topological polar surface area (TPSA) is 17.1 Å². The Balaban J connectivity index is 3.56. The SMILES string of the molecule is CCC(C)C=CC(=O)S. The summed E-state index contributed by atoms with van der Waals surface area (Å²) in [6.45, 7) is 4.14. The Bertz CT molecular complexity index is 118. The smallest absolute Gasteiger partial charge is 0.208 e. The van der Waals surface area contributed by atoms with Gasteiger partial charge in [0.15, 0.2) is 0 Å². The van der Waals surface area contributed by atoms with Crippen molar-refractivity contribution in [1.82, 2.24) is 0 Å². The van der Waals surface area contributed by atoms with Gasteiger partial charge in [-0.2, -0.15) is 0 Å². The van der Waals surface area contributed by atoms with Crippen molar-refractivity contribution in [2.75, 3.05) is 0 Å². The molecule has 0 radical (unpaired) electrons. The molecule has 0 amide bonds. The lowest BCUT2D eigenvalue weighted by Crippen LogP contribution is -1.86. The van der Waals surface area contributed by atoms with Gasteiger partial charge in [-0.15, -0.1) is 12.6 Å². The van der Waals surface area contributed by atoms with Gasteiger partial charge in [0.2, 0.25) is 5.12 Å². The first-order valence-electron chi connectivity index (χ1n) is 3.08. The van der Waals surface area contributed by atoms with E-state index in [-0.39, 0.29) is 5.12 Å². The number of rotatable bonds is 3. The van der Waals surface area contributed by atoms with Crippen LogP contribution in [0.3, 0.4) is 0 Å². The van der Waals surface area contributed by atoms with Crippen molar-refractivity contribution in [1.29, 1.82) is 0 Å². The number of hydrogen-bond acceptors (Lipinski definition) is 1. The van der Waals surface area contributed by atoms with Gasteiger partial charge < -0.3 is 0 Å². The van der Waals surface area contributed by atoms with Gasteiger partial charge in [-0.05, 0) is 12.0 Å². The molecule has 0 rings (SSSR count). The Morgan fingerprint density at radius 1 is 1.78 bits per heavy atom. The van der Waals surface area contributed by atoms with E-state index in [1.54, 1.807) is 0 Å². The second-order valence-electron chi connectivity index (χ2n) is 2.08. The molecule has 0 aliphatic heterocycles. The summed E-state index contributed by atoms with van der Waals surface area (Å²) in [6, 6.07) is 0. The van der Waals surface area contributed by atoms with Gasteiger partial charge in [0.1, 0.15) is 0 Å². The fraction of sp³-hybridized carbons (Fsp3) is 0.571. The molecule has 0 aliphatic carbocycles.